The molecule has 0 bridgehead atoms. The molecule has 5 atom stereocenters. The fourth-order valence-electron chi connectivity index (χ4n) is 3.84. The van der Waals surface area contributed by atoms with Gasteiger partial charge in [0.15, 0.2) is 33.6 Å². The van der Waals surface area contributed by atoms with Gasteiger partial charge >= 0.3 is 23.9 Å². The minimum atomic E-state index is -4.38. The van der Waals surface area contributed by atoms with E-state index in [2.05, 4.69) is 10.3 Å². The van der Waals surface area contributed by atoms with Crippen LogP contribution in [-0.4, -0.2) is 83.7 Å². The van der Waals surface area contributed by atoms with E-state index < -0.39 is 75.9 Å². The summed E-state index contributed by atoms with van der Waals surface area (Å²) in [5.74, 6) is -4.04. The Hall–Kier alpha value is -3.85. The van der Waals surface area contributed by atoms with Crippen molar-refractivity contribution in [1.82, 2.24) is 15.0 Å². The Labute approximate surface area is 218 Å². The summed E-state index contributed by atoms with van der Waals surface area (Å²) in [7, 11) is -4.38. The fourth-order valence-corrected chi connectivity index (χ4v) is 5.48. The molecule has 38 heavy (non-hydrogen) atoms. The summed E-state index contributed by atoms with van der Waals surface area (Å²) >= 11 is 0. The molecule has 1 aromatic carbocycles. The molecule has 206 valence electrons. The molecule has 1 aliphatic rings. The third kappa shape index (κ3) is 7.35. The molecule has 0 aliphatic carbocycles. The summed E-state index contributed by atoms with van der Waals surface area (Å²) in [5, 5.41) is 7.84. The van der Waals surface area contributed by atoms with E-state index in [1.807, 2.05) is 0 Å². The lowest BCUT2D eigenvalue weighted by atomic mass is 9.99. The number of para-hydroxylation sites is 1. The first-order valence-electron chi connectivity index (χ1n) is 11.4. The van der Waals surface area contributed by atoms with Gasteiger partial charge in [0, 0.05) is 27.7 Å². The van der Waals surface area contributed by atoms with E-state index in [9.17, 15) is 27.6 Å². The van der Waals surface area contributed by atoms with Gasteiger partial charge in [-0.05, 0) is 12.1 Å². The van der Waals surface area contributed by atoms with Crippen LogP contribution in [0.25, 0.3) is 5.69 Å². The molecular formula is C23H27N3O11S. The van der Waals surface area contributed by atoms with E-state index in [-0.39, 0.29) is 5.69 Å². The summed E-state index contributed by atoms with van der Waals surface area (Å²) in [6.07, 6.45) is -4.79. The van der Waals surface area contributed by atoms with Crippen molar-refractivity contribution in [2.24, 2.45) is 0 Å². The van der Waals surface area contributed by atoms with Crippen molar-refractivity contribution in [2.45, 2.75) is 63.3 Å². The molecule has 1 unspecified atom stereocenters. The van der Waals surface area contributed by atoms with Crippen LogP contribution in [0, 0.1) is 0 Å². The normalized spacial score (nSPS) is 23.2. The molecule has 14 nitrogen and oxygen atoms in total. The third-order valence-corrected chi connectivity index (χ3v) is 7.00. The topological polar surface area (TPSA) is 179 Å². The van der Waals surface area contributed by atoms with Crippen molar-refractivity contribution in [3.63, 3.8) is 0 Å². The van der Waals surface area contributed by atoms with Crippen LogP contribution in [0.1, 0.15) is 33.4 Å². The van der Waals surface area contributed by atoms with E-state index in [0.717, 1.165) is 27.7 Å². The molecule has 1 aliphatic heterocycles. The number of carbonyl (C=O) groups excluding carboxylic acids is 4. The minimum absolute atomic E-state index is 0.0432. The lowest BCUT2D eigenvalue weighted by molar-refractivity contribution is -0.238. The Kier molecular flexibility index (Phi) is 9.17. The zero-order chi connectivity index (χ0) is 28.0. The Morgan fingerprint density at radius 3 is 2.03 bits per heavy atom. The maximum Gasteiger partial charge on any atom is 0.303 e. The van der Waals surface area contributed by atoms with Gasteiger partial charge in [-0.3, -0.25) is 19.2 Å². The van der Waals surface area contributed by atoms with Crippen LogP contribution in [-0.2, 0) is 58.5 Å². The molecule has 0 radical (unpaired) electrons. The highest BCUT2D eigenvalue weighted by molar-refractivity contribution is 7.91. The van der Waals surface area contributed by atoms with Crippen molar-refractivity contribution in [2.75, 3.05) is 6.61 Å². The van der Waals surface area contributed by atoms with Gasteiger partial charge in [0.25, 0.3) is 0 Å². The molecule has 2 heterocycles. The zero-order valence-corrected chi connectivity index (χ0v) is 21.8. The van der Waals surface area contributed by atoms with Gasteiger partial charge in [0.2, 0.25) is 0 Å². The highest BCUT2D eigenvalue weighted by atomic mass is 32.2. The van der Waals surface area contributed by atoms with E-state index in [4.69, 9.17) is 23.7 Å². The van der Waals surface area contributed by atoms with E-state index in [1.165, 1.54) is 10.9 Å². The van der Waals surface area contributed by atoms with Crippen LogP contribution in [0.15, 0.2) is 36.5 Å². The summed E-state index contributed by atoms with van der Waals surface area (Å²) < 4.78 is 55.0. The molecule has 0 amide bonds. The number of aromatic nitrogens is 3. The van der Waals surface area contributed by atoms with Crippen LogP contribution < -0.4 is 0 Å². The lowest BCUT2D eigenvalue weighted by Gasteiger charge is -2.43. The first-order valence-corrected chi connectivity index (χ1v) is 13.1. The zero-order valence-electron chi connectivity index (χ0n) is 21.0. The number of hydrogen-bond acceptors (Lipinski definition) is 13. The van der Waals surface area contributed by atoms with Crippen molar-refractivity contribution in [3.05, 3.63) is 42.2 Å². The highest BCUT2D eigenvalue weighted by Crippen LogP contribution is 2.33. The number of nitrogens with zero attached hydrogens (tertiary/aromatic N) is 3. The van der Waals surface area contributed by atoms with E-state index in [0.29, 0.717) is 5.69 Å². The fraction of sp³-hybridized carbons (Fsp3) is 0.478. The van der Waals surface area contributed by atoms with Gasteiger partial charge in [-0.15, -0.1) is 5.10 Å². The molecule has 3 rings (SSSR count). The molecule has 1 aromatic heterocycles. The summed E-state index contributed by atoms with van der Waals surface area (Å²) in [5.41, 5.74) is -1.23. The second-order valence-electron chi connectivity index (χ2n) is 8.36. The maximum atomic E-state index is 13.6. The molecule has 0 N–H and O–H groups in total. The number of rotatable bonds is 9. The number of hydrogen-bond donors (Lipinski definition) is 0. The van der Waals surface area contributed by atoms with Gasteiger partial charge in [-0.1, -0.05) is 23.4 Å². The monoisotopic (exact) mass is 553 g/mol. The smallest absolute Gasteiger partial charge is 0.303 e. The summed E-state index contributed by atoms with van der Waals surface area (Å²) in [4.78, 5) is 47.1. The minimum Gasteiger partial charge on any atom is -0.463 e. The number of benzene rings is 1. The average molecular weight is 554 g/mol. The van der Waals surface area contributed by atoms with Crippen LogP contribution in [0.4, 0.5) is 0 Å². The van der Waals surface area contributed by atoms with Gasteiger partial charge < -0.3 is 23.7 Å². The largest absolute Gasteiger partial charge is 0.463 e. The molecule has 0 spiro atoms. The van der Waals surface area contributed by atoms with Crippen LogP contribution in [0.5, 0.6) is 0 Å². The SMILES string of the molecule is CC(=O)OC[C@@H]1OC(S(=O)(=O)Cc2cn(-c3ccccc3)nn2)[C@@H](OC(C)=O)[C@H](OC(C)=O)[C@@H]1OC(C)=O. The van der Waals surface area contributed by atoms with Gasteiger partial charge in [0.1, 0.15) is 12.7 Å². The Morgan fingerprint density at radius 2 is 1.45 bits per heavy atom. The standard InChI is InChI=1S/C23H27N3O11S/c1-13(27)33-11-19-20(34-14(2)28)21(35-15(3)29)22(36-16(4)30)23(37-19)38(31,32)12-17-10-26(25-24-17)18-8-6-5-7-9-18/h5-10,19-23H,11-12H2,1-4H3/t19-,20+,21+,22-,23?/m0/s1. The highest BCUT2D eigenvalue weighted by Gasteiger charge is 2.56. The van der Waals surface area contributed by atoms with Gasteiger partial charge in [-0.25, -0.2) is 13.1 Å². The van der Waals surface area contributed by atoms with Crippen LogP contribution in [0.3, 0.4) is 0 Å². The Morgan fingerprint density at radius 1 is 0.868 bits per heavy atom. The lowest BCUT2D eigenvalue weighted by Crippen LogP contribution is -2.64. The molecule has 1 fully saturated rings. The van der Waals surface area contributed by atoms with Crippen LogP contribution >= 0.6 is 0 Å². The molecule has 15 heteroatoms. The molecule has 2 aromatic rings. The van der Waals surface area contributed by atoms with Gasteiger partial charge in [-0.2, -0.15) is 0 Å². The number of ether oxygens (including phenoxy) is 5. The van der Waals surface area contributed by atoms with E-state index >= 15 is 0 Å². The van der Waals surface area contributed by atoms with Crippen molar-refractivity contribution in [3.8, 4) is 5.69 Å². The summed E-state index contributed by atoms with van der Waals surface area (Å²) in [6.45, 7) is 3.68. The summed E-state index contributed by atoms with van der Waals surface area (Å²) in [6, 6.07) is 8.82. The third-order valence-electron chi connectivity index (χ3n) is 5.21. The first kappa shape index (κ1) is 28.7. The second kappa shape index (κ2) is 12.1. The van der Waals surface area contributed by atoms with Crippen molar-refractivity contribution in [1.29, 1.82) is 0 Å². The Bertz CT molecular complexity index is 1280. The maximum absolute atomic E-state index is 13.6. The van der Waals surface area contributed by atoms with Gasteiger partial charge in [0.05, 0.1) is 23.3 Å². The van der Waals surface area contributed by atoms with E-state index in [1.54, 1.807) is 30.3 Å². The Balaban J connectivity index is 2.00. The van der Waals surface area contributed by atoms with Crippen LogP contribution in [0.2, 0.25) is 0 Å². The second-order valence-corrected chi connectivity index (χ2v) is 10.4. The predicted octanol–water partition coefficient (Wildman–Crippen LogP) is 0.265. The van der Waals surface area contributed by atoms with Crippen molar-refractivity contribution >= 4 is 33.7 Å². The number of carbonyl (C=O) groups is 4. The van der Waals surface area contributed by atoms with Crippen molar-refractivity contribution < 1.29 is 51.3 Å². The molecule has 0 saturated carbocycles. The quantitative estimate of drug-likeness (QED) is 0.305. The molecule has 1 saturated heterocycles. The number of sulfone groups is 1. The molecular weight excluding hydrogens is 526 g/mol. The number of esters is 4. The average Bonchev–Trinajstić information content (AvgIpc) is 3.27. The predicted molar refractivity (Wildman–Crippen MR) is 126 cm³/mol. The first-order chi connectivity index (χ1) is 17.9.